The molecule has 0 saturated heterocycles. The SMILES string of the molecule is Cc1ccccc1OCC(=O)N[C@H](Cn1nccn1)c1ccccc1. The van der Waals surface area contributed by atoms with Gasteiger partial charge in [-0.1, -0.05) is 48.5 Å². The van der Waals surface area contributed by atoms with Gasteiger partial charge in [0.1, 0.15) is 5.75 Å². The zero-order chi connectivity index (χ0) is 17.5. The lowest BCUT2D eigenvalue weighted by atomic mass is 10.1. The Bertz CT molecular complexity index is 803. The van der Waals surface area contributed by atoms with Crippen molar-refractivity contribution in [3.8, 4) is 5.75 Å². The van der Waals surface area contributed by atoms with Crippen molar-refractivity contribution in [2.75, 3.05) is 6.61 Å². The van der Waals surface area contributed by atoms with Gasteiger partial charge in [-0.2, -0.15) is 15.0 Å². The second kappa shape index (κ2) is 8.10. The molecular formula is C19H20N4O2. The van der Waals surface area contributed by atoms with Crippen LogP contribution in [-0.2, 0) is 11.3 Å². The smallest absolute Gasteiger partial charge is 0.258 e. The number of ether oxygens (including phenoxy) is 1. The molecule has 3 rings (SSSR count). The zero-order valence-corrected chi connectivity index (χ0v) is 14.0. The van der Waals surface area contributed by atoms with Crippen LogP contribution in [0, 0.1) is 6.92 Å². The Kier molecular flexibility index (Phi) is 5.41. The lowest BCUT2D eigenvalue weighted by molar-refractivity contribution is -0.124. The number of carbonyl (C=O) groups is 1. The zero-order valence-electron chi connectivity index (χ0n) is 14.0. The molecule has 0 fully saturated rings. The summed E-state index contributed by atoms with van der Waals surface area (Å²) in [6, 6.07) is 17.1. The van der Waals surface area contributed by atoms with E-state index in [1.165, 1.54) is 0 Å². The van der Waals surface area contributed by atoms with Gasteiger partial charge in [0, 0.05) is 0 Å². The Morgan fingerprint density at radius 1 is 1.08 bits per heavy atom. The lowest BCUT2D eigenvalue weighted by Gasteiger charge is -2.19. The molecule has 0 spiro atoms. The maximum atomic E-state index is 12.4. The monoisotopic (exact) mass is 336 g/mol. The van der Waals surface area contributed by atoms with Gasteiger partial charge in [0.05, 0.1) is 25.0 Å². The molecule has 0 radical (unpaired) electrons. The Morgan fingerprint density at radius 3 is 2.48 bits per heavy atom. The second-order valence-corrected chi connectivity index (χ2v) is 5.67. The first-order valence-electron chi connectivity index (χ1n) is 8.09. The van der Waals surface area contributed by atoms with Gasteiger partial charge in [-0.3, -0.25) is 4.79 Å². The highest BCUT2D eigenvalue weighted by atomic mass is 16.5. The third-order valence-electron chi connectivity index (χ3n) is 3.80. The lowest BCUT2D eigenvalue weighted by Crippen LogP contribution is -2.35. The highest BCUT2D eigenvalue weighted by Crippen LogP contribution is 2.17. The van der Waals surface area contributed by atoms with Crippen molar-refractivity contribution in [1.29, 1.82) is 0 Å². The van der Waals surface area contributed by atoms with Crippen LogP contribution in [0.25, 0.3) is 0 Å². The van der Waals surface area contributed by atoms with Crippen molar-refractivity contribution in [1.82, 2.24) is 20.3 Å². The number of nitrogens with one attached hydrogen (secondary N) is 1. The average Bonchev–Trinajstić information content (AvgIpc) is 3.14. The van der Waals surface area contributed by atoms with E-state index in [0.29, 0.717) is 12.3 Å². The van der Waals surface area contributed by atoms with Gasteiger partial charge in [-0.15, -0.1) is 0 Å². The number of para-hydroxylation sites is 1. The number of hydrogen-bond donors (Lipinski definition) is 1. The van der Waals surface area contributed by atoms with E-state index < -0.39 is 0 Å². The molecule has 0 bridgehead atoms. The van der Waals surface area contributed by atoms with Crippen molar-refractivity contribution < 1.29 is 9.53 Å². The molecule has 128 valence electrons. The standard InChI is InChI=1S/C19H20N4O2/c1-15-7-5-6-10-18(15)25-14-19(24)22-17(13-23-20-11-12-21-23)16-8-3-2-4-9-16/h2-12,17H,13-14H2,1H3,(H,22,24)/t17-/m1/s1. The van der Waals surface area contributed by atoms with Crippen LogP contribution in [-0.4, -0.2) is 27.5 Å². The maximum Gasteiger partial charge on any atom is 0.258 e. The van der Waals surface area contributed by atoms with E-state index in [1.807, 2.05) is 61.5 Å². The molecule has 2 aromatic carbocycles. The molecule has 1 heterocycles. The first kappa shape index (κ1) is 16.7. The van der Waals surface area contributed by atoms with Gasteiger partial charge in [0.2, 0.25) is 0 Å². The van der Waals surface area contributed by atoms with Crippen molar-refractivity contribution >= 4 is 5.91 Å². The van der Waals surface area contributed by atoms with Crippen LogP contribution in [0.15, 0.2) is 67.0 Å². The molecule has 6 heteroatoms. The summed E-state index contributed by atoms with van der Waals surface area (Å²) in [5.74, 6) is 0.520. The first-order valence-corrected chi connectivity index (χ1v) is 8.09. The molecule has 0 aliphatic rings. The van der Waals surface area contributed by atoms with Gasteiger partial charge in [0.15, 0.2) is 6.61 Å². The Balaban J connectivity index is 1.65. The van der Waals surface area contributed by atoms with Crippen LogP contribution in [0.3, 0.4) is 0 Å². The number of amides is 1. The molecule has 0 aliphatic heterocycles. The van der Waals surface area contributed by atoms with Crippen molar-refractivity contribution in [3.05, 3.63) is 78.1 Å². The molecule has 0 saturated carbocycles. The largest absolute Gasteiger partial charge is 0.484 e. The fourth-order valence-corrected chi connectivity index (χ4v) is 2.52. The number of hydrogen-bond acceptors (Lipinski definition) is 4. The fraction of sp³-hybridized carbons (Fsp3) is 0.211. The third kappa shape index (κ3) is 4.67. The van der Waals surface area contributed by atoms with Gasteiger partial charge >= 0.3 is 0 Å². The average molecular weight is 336 g/mol. The molecule has 3 aromatic rings. The quantitative estimate of drug-likeness (QED) is 0.720. The topological polar surface area (TPSA) is 69.0 Å². The number of nitrogens with zero attached hydrogens (tertiary/aromatic N) is 3. The summed E-state index contributed by atoms with van der Waals surface area (Å²) in [7, 11) is 0. The third-order valence-corrected chi connectivity index (χ3v) is 3.80. The Morgan fingerprint density at radius 2 is 1.76 bits per heavy atom. The molecule has 1 amide bonds. The fourth-order valence-electron chi connectivity index (χ4n) is 2.52. The summed E-state index contributed by atoms with van der Waals surface area (Å²) in [4.78, 5) is 13.9. The molecule has 1 N–H and O–H groups in total. The van der Waals surface area contributed by atoms with Gasteiger partial charge in [-0.25, -0.2) is 0 Å². The summed E-state index contributed by atoms with van der Waals surface area (Å²) in [6.07, 6.45) is 3.23. The van der Waals surface area contributed by atoms with E-state index in [9.17, 15) is 4.79 Å². The minimum atomic E-state index is -0.235. The molecule has 1 atom stereocenters. The number of benzene rings is 2. The van der Waals surface area contributed by atoms with Crippen molar-refractivity contribution in [2.45, 2.75) is 19.5 Å². The van der Waals surface area contributed by atoms with Crippen LogP contribution < -0.4 is 10.1 Å². The molecule has 1 aromatic heterocycles. The predicted octanol–water partition coefficient (Wildman–Crippen LogP) is 2.52. The minimum Gasteiger partial charge on any atom is -0.484 e. The minimum absolute atomic E-state index is 0.0409. The van der Waals surface area contributed by atoms with Crippen LogP contribution >= 0.6 is 0 Å². The van der Waals surface area contributed by atoms with E-state index >= 15 is 0 Å². The van der Waals surface area contributed by atoms with Crippen LogP contribution in [0.4, 0.5) is 0 Å². The normalized spacial score (nSPS) is 11.7. The van der Waals surface area contributed by atoms with E-state index in [-0.39, 0.29) is 18.6 Å². The van der Waals surface area contributed by atoms with Crippen LogP contribution in [0.1, 0.15) is 17.2 Å². The van der Waals surface area contributed by atoms with E-state index in [2.05, 4.69) is 15.5 Å². The number of rotatable bonds is 7. The Hall–Kier alpha value is -3.15. The van der Waals surface area contributed by atoms with Crippen LogP contribution in [0.2, 0.25) is 0 Å². The van der Waals surface area contributed by atoms with Gasteiger partial charge in [-0.05, 0) is 24.1 Å². The summed E-state index contributed by atoms with van der Waals surface area (Å²) in [5, 5.41) is 11.2. The molecule has 6 nitrogen and oxygen atoms in total. The summed E-state index contributed by atoms with van der Waals surface area (Å²) in [6.45, 7) is 2.36. The van der Waals surface area contributed by atoms with E-state index in [1.54, 1.807) is 17.2 Å². The molecule has 25 heavy (non-hydrogen) atoms. The molecule has 0 aliphatic carbocycles. The number of aryl methyl sites for hydroxylation is 1. The van der Waals surface area contributed by atoms with Crippen molar-refractivity contribution in [3.63, 3.8) is 0 Å². The van der Waals surface area contributed by atoms with E-state index in [4.69, 9.17) is 4.74 Å². The van der Waals surface area contributed by atoms with Crippen LogP contribution in [0.5, 0.6) is 5.75 Å². The summed E-state index contributed by atoms with van der Waals surface area (Å²) >= 11 is 0. The Labute approximate surface area is 146 Å². The molecular weight excluding hydrogens is 316 g/mol. The predicted molar refractivity (Wildman–Crippen MR) is 94.0 cm³/mol. The summed E-state index contributed by atoms with van der Waals surface area (Å²) in [5.41, 5.74) is 1.99. The number of carbonyl (C=O) groups excluding carboxylic acids is 1. The molecule has 0 unspecified atom stereocenters. The number of aromatic nitrogens is 3. The van der Waals surface area contributed by atoms with Gasteiger partial charge < -0.3 is 10.1 Å². The highest BCUT2D eigenvalue weighted by molar-refractivity contribution is 5.78. The van der Waals surface area contributed by atoms with Gasteiger partial charge in [0.25, 0.3) is 5.91 Å². The second-order valence-electron chi connectivity index (χ2n) is 5.67. The van der Waals surface area contributed by atoms with E-state index in [0.717, 1.165) is 11.1 Å². The first-order chi connectivity index (χ1) is 12.2. The highest BCUT2D eigenvalue weighted by Gasteiger charge is 2.16. The van der Waals surface area contributed by atoms with Crippen molar-refractivity contribution in [2.24, 2.45) is 0 Å². The summed E-state index contributed by atoms with van der Waals surface area (Å²) < 4.78 is 5.62. The maximum absolute atomic E-state index is 12.4.